The number of benzene rings is 1. The minimum absolute atomic E-state index is 0.0332. The van der Waals surface area contributed by atoms with Gasteiger partial charge in [0, 0.05) is 10.5 Å². The Hall–Kier alpha value is -1.80. The van der Waals surface area contributed by atoms with E-state index in [2.05, 4.69) is 49.1 Å². The van der Waals surface area contributed by atoms with E-state index in [-0.39, 0.29) is 17.3 Å². The molecule has 1 saturated carbocycles. The molecule has 1 fully saturated rings. The third-order valence-corrected chi connectivity index (χ3v) is 4.99. The van der Waals surface area contributed by atoms with Gasteiger partial charge in [-0.2, -0.15) is 10.2 Å². The molecule has 2 atom stereocenters. The van der Waals surface area contributed by atoms with Crippen LogP contribution in [0.25, 0.3) is 11.4 Å². The molecule has 2 aromatic rings. The van der Waals surface area contributed by atoms with Crippen molar-refractivity contribution in [2.45, 2.75) is 31.6 Å². The molecule has 0 radical (unpaired) electrons. The highest BCUT2D eigenvalue weighted by atomic mass is 32.2. The van der Waals surface area contributed by atoms with E-state index in [1.165, 1.54) is 4.90 Å². The van der Waals surface area contributed by atoms with Crippen molar-refractivity contribution >= 4 is 11.8 Å². The van der Waals surface area contributed by atoms with Gasteiger partial charge in [0.1, 0.15) is 0 Å². The Kier molecular flexibility index (Phi) is 3.50. The van der Waals surface area contributed by atoms with Crippen molar-refractivity contribution in [2.75, 3.05) is 5.75 Å². The predicted octanol–water partition coefficient (Wildman–Crippen LogP) is 4.11. The highest BCUT2D eigenvalue weighted by Gasteiger charge is 2.62. The molecule has 0 spiro atoms. The Morgan fingerprint density at radius 2 is 2.05 bits per heavy atom. The van der Waals surface area contributed by atoms with E-state index in [4.69, 9.17) is 9.78 Å². The minimum Gasteiger partial charge on any atom is -0.339 e. The number of rotatable bonds is 4. The van der Waals surface area contributed by atoms with Crippen molar-refractivity contribution in [1.82, 2.24) is 10.1 Å². The van der Waals surface area contributed by atoms with E-state index in [9.17, 15) is 0 Å². The van der Waals surface area contributed by atoms with Crippen molar-refractivity contribution in [3.63, 3.8) is 0 Å². The van der Waals surface area contributed by atoms with Gasteiger partial charge in [-0.1, -0.05) is 25.9 Å². The molecule has 3 rings (SSSR count). The fourth-order valence-electron chi connectivity index (χ4n) is 2.69. The van der Waals surface area contributed by atoms with Crippen LogP contribution < -0.4 is 0 Å². The van der Waals surface area contributed by atoms with Gasteiger partial charge >= 0.3 is 0 Å². The molecule has 21 heavy (non-hydrogen) atoms. The number of nitrogens with zero attached hydrogens (tertiary/aromatic N) is 3. The summed E-state index contributed by atoms with van der Waals surface area (Å²) in [5.41, 5.74) is 0.873. The van der Waals surface area contributed by atoms with Crippen LogP contribution >= 0.6 is 11.8 Å². The predicted molar refractivity (Wildman–Crippen MR) is 81.8 cm³/mol. The average molecular weight is 299 g/mol. The van der Waals surface area contributed by atoms with Gasteiger partial charge in [-0.05, 0) is 35.4 Å². The van der Waals surface area contributed by atoms with Crippen LogP contribution in [0.2, 0.25) is 0 Å². The summed E-state index contributed by atoms with van der Waals surface area (Å²) in [6.07, 6.45) is 0. The summed E-state index contributed by atoms with van der Waals surface area (Å²) >= 11 is 1.80. The summed E-state index contributed by atoms with van der Waals surface area (Å²) in [7, 11) is 0. The lowest BCUT2D eigenvalue weighted by atomic mass is 10.1. The summed E-state index contributed by atoms with van der Waals surface area (Å²) in [6, 6.07) is 10.5. The standard InChI is InChI=1S/C16H17N3OS/c1-4-21-11-7-5-10(6-8-11)14-18-15(20-19-14)13-12(9-17)16(13,2)3/h5-8,12-13H,4H2,1-3H3. The Labute approximate surface area is 128 Å². The van der Waals surface area contributed by atoms with Gasteiger partial charge < -0.3 is 4.52 Å². The second-order valence-corrected chi connectivity index (χ2v) is 7.16. The van der Waals surface area contributed by atoms with Gasteiger partial charge in [0.2, 0.25) is 11.7 Å². The fraction of sp³-hybridized carbons (Fsp3) is 0.438. The van der Waals surface area contributed by atoms with Crippen LogP contribution in [0.1, 0.15) is 32.6 Å². The van der Waals surface area contributed by atoms with E-state index in [1.807, 2.05) is 12.1 Å². The maximum absolute atomic E-state index is 9.14. The Bertz CT molecular complexity index is 684. The largest absolute Gasteiger partial charge is 0.339 e. The minimum atomic E-state index is -0.0693. The third kappa shape index (κ3) is 2.44. The summed E-state index contributed by atoms with van der Waals surface area (Å²) < 4.78 is 5.37. The molecule has 0 saturated heterocycles. The molecule has 0 bridgehead atoms. The average Bonchev–Trinajstić information content (AvgIpc) is 2.84. The second kappa shape index (κ2) is 5.19. The van der Waals surface area contributed by atoms with E-state index in [0.717, 1.165) is 11.3 Å². The molecule has 4 nitrogen and oxygen atoms in total. The zero-order valence-corrected chi connectivity index (χ0v) is 13.1. The first-order valence-electron chi connectivity index (χ1n) is 7.04. The Morgan fingerprint density at radius 1 is 1.33 bits per heavy atom. The maximum Gasteiger partial charge on any atom is 0.232 e. The second-order valence-electron chi connectivity index (χ2n) is 5.82. The summed E-state index contributed by atoms with van der Waals surface area (Å²) in [4.78, 5) is 5.71. The quantitative estimate of drug-likeness (QED) is 0.795. The van der Waals surface area contributed by atoms with Crippen LogP contribution in [0, 0.1) is 22.7 Å². The lowest BCUT2D eigenvalue weighted by Crippen LogP contribution is -1.90. The number of aromatic nitrogens is 2. The van der Waals surface area contributed by atoms with Crippen molar-refractivity contribution in [1.29, 1.82) is 5.26 Å². The summed E-state index contributed by atoms with van der Waals surface area (Å²) in [5, 5.41) is 13.2. The van der Waals surface area contributed by atoms with Crippen LogP contribution in [0.3, 0.4) is 0 Å². The molecule has 108 valence electrons. The third-order valence-electron chi connectivity index (χ3n) is 4.10. The molecule has 0 aliphatic heterocycles. The first-order valence-corrected chi connectivity index (χ1v) is 8.03. The zero-order chi connectivity index (χ0) is 15.0. The molecule has 1 heterocycles. The highest BCUT2D eigenvalue weighted by Crippen LogP contribution is 2.63. The number of nitriles is 1. The SMILES string of the molecule is CCSc1ccc(-c2noc(C3C(C#N)C3(C)C)n2)cc1. The molecule has 0 amide bonds. The molecule has 1 aromatic carbocycles. The Morgan fingerprint density at radius 3 is 2.62 bits per heavy atom. The monoisotopic (exact) mass is 299 g/mol. The molecule has 1 aliphatic carbocycles. The van der Waals surface area contributed by atoms with Crippen LogP contribution in [0.4, 0.5) is 0 Å². The van der Waals surface area contributed by atoms with Crippen molar-refractivity contribution in [3.8, 4) is 17.5 Å². The topological polar surface area (TPSA) is 62.7 Å². The summed E-state index contributed by atoms with van der Waals surface area (Å²) in [6.45, 7) is 6.26. The van der Waals surface area contributed by atoms with Gasteiger partial charge in [0.05, 0.1) is 17.9 Å². The first-order chi connectivity index (χ1) is 10.1. The molecule has 2 unspecified atom stereocenters. The summed E-state index contributed by atoms with van der Waals surface area (Å²) in [5.74, 6) is 2.25. The molecule has 1 aliphatic rings. The van der Waals surface area contributed by atoms with Crippen molar-refractivity contribution < 1.29 is 4.52 Å². The van der Waals surface area contributed by atoms with Gasteiger partial charge in [-0.3, -0.25) is 0 Å². The molecular weight excluding hydrogens is 282 g/mol. The molecule has 0 N–H and O–H groups in total. The number of thioether (sulfide) groups is 1. The first kappa shape index (κ1) is 14.2. The smallest absolute Gasteiger partial charge is 0.232 e. The van der Waals surface area contributed by atoms with Crippen LogP contribution in [0.5, 0.6) is 0 Å². The number of hydrogen-bond donors (Lipinski definition) is 0. The van der Waals surface area contributed by atoms with Crippen LogP contribution in [0.15, 0.2) is 33.7 Å². The van der Waals surface area contributed by atoms with Gasteiger partial charge in [-0.15, -0.1) is 11.8 Å². The van der Waals surface area contributed by atoms with E-state index >= 15 is 0 Å². The lowest BCUT2D eigenvalue weighted by Gasteiger charge is -1.99. The molecule has 1 aromatic heterocycles. The zero-order valence-electron chi connectivity index (χ0n) is 12.3. The Balaban J connectivity index is 1.81. The van der Waals surface area contributed by atoms with E-state index in [1.54, 1.807) is 11.8 Å². The highest BCUT2D eigenvalue weighted by molar-refractivity contribution is 7.99. The normalized spacial score (nSPS) is 22.8. The van der Waals surface area contributed by atoms with Gasteiger partial charge in [-0.25, -0.2) is 0 Å². The van der Waals surface area contributed by atoms with Crippen molar-refractivity contribution in [3.05, 3.63) is 30.2 Å². The van der Waals surface area contributed by atoms with E-state index < -0.39 is 0 Å². The van der Waals surface area contributed by atoms with E-state index in [0.29, 0.717) is 11.7 Å². The maximum atomic E-state index is 9.14. The molecule has 5 heteroatoms. The number of hydrogen-bond acceptors (Lipinski definition) is 5. The van der Waals surface area contributed by atoms with Gasteiger partial charge in [0.15, 0.2) is 0 Å². The fourth-order valence-corrected chi connectivity index (χ4v) is 3.35. The van der Waals surface area contributed by atoms with Crippen molar-refractivity contribution in [2.24, 2.45) is 11.3 Å². The van der Waals surface area contributed by atoms with Crippen LogP contribution in [-0.2, 0) is 0 Å². The lowest BCUT2D eigenvalue weighted by molar-refractivity contribution is 0.368. The van der Waals surface area contributed by atoms with Gasteiger partial charge in [0.25, 0.3) is 0 Å². The van der Waals surface area contributed by atoms with Crippen LogP contribution in [-0.4, -0.2) is 15.9 Å². The molecular formula is C16H17N3OS.